The fraction of sp³-hybridized carbons (Fsp3) is 0.235. The molecule has 1 atom stereocenters. The van der Waals surface area contributed by atoms with Crippen LogP contribution in [0.25, 0.3) is 0 Å². The number of nitrogens with one attached hydrogen (secondary N) is 1. The number of hydrogen-bond acceptors (Lipinski definition) is 2. The molecule has 3 nitrogen and oxygen atoms in total. The second kappa shape index (κ2) is 6.81. The summed E-state index contributed by atoms with van der Waals surface area (Å²) in [5, 5.41) is 3.30. The number of amides is 2. The molecule has 0 saturated carbocycles. The van der Waals surface area contributed by atoms with Gasteiger partial charge in [-0.1, -0.05) is 29.8 Å². The minimum Gasteiger partial charge on any atom is -0.308 e. The van der Waals surface area contributed by atoms with E-state index in [1.165, 1.54) is 12.1 Å². The predicted octanol–water partition coefficient (Wildman–Crippen LogP) is 5.07. The molecule has 0 spiro atoms. The maximum Gasteiger partial charge on any atom is 0.323 e. The number of thioether (sulfide) groups is 1. The van der Waals surface area contributed by atoms with Crippen molar-refractivity contribution in [1.29, 1.82) is 0 Å². The standard InChI is InChI=1S/C17H16ClFN2OS/c1-11-5-6-14(10-15(11)18)20-17(22)21-7-8-23-16(21)12-3-2-4-13(19)9-12/h2-6,9-10,16H,7-8H2,1H3,(H,20,22). The first kappa shape index (κ1) is 16.1. The highest BCUT2D eigenvalue weighted by atomic mass is 35.5. The van der Waals surface area contributed by atoms with E-state index in [1.807, 2.05) is 25.1 Å². The molecule has 6 heteroatoms. The Morgan fingerprint density at radius 2 is 2.17 bits per heavy atom. The third-order valence-corrected chi connectivity index (χ3v) is 5.38. The topological polar surface area (TPSA) is 32.3 Å². The SMILES string of the molecule is Cc1ccc(NC(=O)N2CCSC2c2cccc(F)c2)cc1Cl. The van der Waals surface area contributed by atoms with Gasteiger partial charge in [0.15, 0.2) is 0 Å². The Morgan fingerprint density at radius 3 is 2.91 bits per heavy atom. The van der Waals surface area contributed by atoms with Crippen molar-refractivity contribution in [3.8, 4) is 0 Å². The van der Waals surface area contributed by atoms with E-state index in [2.05, 4.69) is 5.32 Å². The van der Waals surface area contributed by atoms with E-state index in [4.69, 9.17) is 11.6 Å². The van der Waals surface area contributed by atoms with E-state index in [-0.39, 0.29) is 17.2 Å². The molecular weight excluding hydrogens is 335 g/mol. The van der Waals surface area contributed by atoms with Gasteiger partial charge >= 0.3 is 6.03 Å². The lowest BCUT2D eigenvalue weighted by Gasteiger charge is -2.24. The van der Waals surface area contributed by atoms with Gasteiger partial charge in [-0.25, -0.2) is 9.18 Å². The van der Waals surface area contributed by atoms with Gasteiger partial charge in [0.25, 0.3) is 0 Å². The van der Waals surface area contributed by atoms with Crippen LogP contribution in [0.1, 0.15) is 16.5 Å². The van der Waals surface area contributed by atoms with Gasteiger partial charge in [-0.05, 0) is 42.3 Å². The molecule has 1 unspecified atom stereocenters. The fourth-order valence-electron chi connectivity index (χ4n) is 2.48. The number of hydrogen-bond donors (Lipinski definition) is 1. The highest BCUT2D eigenvalue weighted by molar-refractivity contribution is 7.99. The van der Waals surface area contributed by atoms with Gasteiger partial charge in [0, 0.05) is 23.0 Å². The van der Waals surface area contributed by atoms with Gasteiger partial charge in [0.1, 0.15) is 11.2 Å². The summed E-state index contributed by atoms with van der Waals surface area (Å²) >= 11 is 7.72. The molecule has 1 aliphatic heterocycles. The summed E-state index contributed by atoms with van der Waals surface area (Å²) in [6.07, 6.45) is 0. The Labute approximate surface area is 143 Å². The molecule has 2 aromatic carbocycles. The molecule has 0 aliphatic carbocycles. The summed E-state index contributed by atoms with van der Waals surface area (Å²) in [6.45, 7) is 2.53. The van der Waals surface area contributed by atoms with Crippen molar-refractivity contribution in [3.05, 3.63) is 64.4 Å². The van der Waals surface area contributed by atoms with E-state index < -0.39 is 0 Å². The fourth-order valence-corrected chi connectivity index (χ4v) is 3.91. The zero-order valence-electron chi connectivity index (χ0n) is 12.6. The predicted molar refractivity (Wildman–Crippen MR) is 93.5 cm³/mol. The number of benzene rings is 2. The number of anilines is 1. The highest BCUT2D eigenvalue weighted by Crippen LogP contribution is 2.38. The molecule has 0 bridgehead atoms. The zero-order valence-corrected chi connectivity index (χ0v) is 14.1. The third-order valence-electron chi connectivity index (χ3n) is 3.71. The molecule has 23 heavy (non-hydrogen) atoms. The summed E-state index contributed by atoms with van der Waals surface area (Å²) in [4.78, 5) is 14.3. The highest BCUT2D eigenvalue weighted by Gasteiger charge is 2.30. The van der Waals surface area contributed by atoms with E-state index in [1.54, 1.807) is 28.8 Å². The van der Waals surface area contributed by atoms with Crippen LogP contribution >= 0.6 is 23.4 Å². The van der Waals surface area contributed by atoms with Crippen LogP contribution in [0.15, 0.2) is 42.5 Å². The van der Waals surface area contributed by atoms with Crippen LogP contribution in [0.5, 0.6) is 0 Å². The van der Waals surface area contributed by atoms with E-state index in [0.29, 0.717) is 17.3 Å². The molecule has 0 radical (unpaired) electrons. The molecule has 1 heterocycles. The van der Waals surface area contributed by atoms with Crippen LogP contribution in [0, 0.1) is 12.7 Å². The Morgan fingerprint density at radius 1 is 1.35 bits per heavy atom. The number of aryl methyl sites for hydroxylation is 1. The first-order chi connectivity index (χ1) is 11.0. The largest absolute Gasteiger partial charge is 0.323 e. The first-order valence-electron chi connectivity index (χ1n) is 7.25. The summed E-state index contributed by atoms with van der Waals surface area (Å²) in [5.41, 5.74) is 2.41. The van der Waals surface area contributed by atoms with Crippen molar-refractivity contribution < 1.29 is 9.18 Å². The van der Waals surface area contributed by atoms with Crippen LogP contribution in [-0.4, -0.2) is 23.2 Å². The molecule has 2 amide bonds. The van der Waals surface area contributed by atoms with Crippen LogP contribution in [-0.2, 0) is 0 Å². The molecule has 120 valence electrons. The van der Waals surface area contributed by atoms with Crippen molar-refractivity contribution in [2.45, 2.75) is 12.3 Å². The second-order valence-electron chi connectivity index (χ2n) is 5.37. The van der Waals surface area contributed by atoms with Crippen molar-refractivity contribution in [1.82, 2.24) is 4.90 Å². The van der Waals surface area contributed by atoms with Gasteiger partial charge in [-0.3, -0.25) is 0 Å². The number of urea groups is 1. The third kappa shape index (κ3) is 3.62. The van der Waals surface area contributed by atoms with Crippen LogP contribution in [0.2, 0.25) is 5.02 Å². The molecule has 2 aromatic rings. The van der Waals surface area contributed by atoms with Gasteiger partial charge in [0.2, 0.25) is 0 Å². The number of carbonyl (C=O) groups is 1. The average molecular weight is 351 g/mol. The van der Waals surface area contributed by atoms with Crippen molar-refractivity contribution in [2.75, 3.05) is 17.6 Å². The molecule has 3 rings (SSSR count). The lowest BCUT2D eigenvalue weighted by atomic mass is 10.2. The van der Waals surface area contributed by atoms with Gasteiger partial charge in [0.05, 0.1) is 0 Å². The molecule has 1 fully saturated rings. The summed E-state index contributed by atoms with van der Waals surface area (Å²) in [5.74, 6) is 0.532. The summed E-state index contributed by atoms with van der Waals surface area (Å²) in [7, 11) is 0. The minimum absolute atomic E-state index is 0.174. The smallest absolute Gasteiger partial charge is 0.308 e. The Hall–Kier alpha value is -1.72. The molecule has 0 aromatic heterocycles. The Kier molecular flexibility index (Phi) is 4.78. The minimum atomic E-state index is -0.291. The Balaban J connectivity index is 1.76. The number of carbonyl (C=O) groups excluding carboxylic acids is 1. The summed E-state index contributed by atoms with van der Waals surface area (Å²) < 4.78 is 13.4. The zero-order chi connectivity index (χ0) is 16.4. The quantitative estimate of drug-likeness (QED) is 0.820. The van der Waals surface area contributed by atoms with Crippen LogP contribution in [0.3, 0.4) is 0 Å². The second-order valence-corrected chi connectivity index (χ2v) is 6.96. The molecule has 1 N–H and O–H groups in total. The van der Waals surface area contributed by atoms with Gasteiger partial charge < -0.3 is 10.2 Å². The van der Waals surface area contributed by atoms with Crippen molar-refractivity contribution in [2.24, 2.45) is 0 Å². The van der Waals surface area contributed by atoms with Gasteiger partial charge in [-0.2, -0.15) is 0 Å². The number of rotatable bonds is 2. The van der Waals surface area contributed by atoms with Gasteiger partial charge in [-0.15, -0.1) is 11.8 Å². The van der Waals surface area contributed by atoms with Crippen LogP contribution < -0.4 is 5.32 Å². The molecule has 1 saturated heterocycles. The maximum absolute atomic E-state index is 13.4. The van der Waals surface area contributed by atoms with E-state index >= 15 is 0 Å². The maximum atomic E-state index is 13.4. The number of nitrogens with zero attached hydrogens (tertiary/aromatic N) is 1. The lowest BCUT2D eigenvalue weighted by molar-refractivity contribution is 0.214. The Bertz CT molecular complexity index is 740. The monoisotopic (exact) mass is 350 g/mol. The summed E-state index contributed by atoms with van der Waals surface area (Å²) in [6, 6.07) is 11.6. The number of halogens is 2. The normalized spacial score (nSPS) is 17.3. The van der Waals surface area contributed by atoms with Crippen molar-refractivity contribution >= 4 is 35.1 Å². The lowest BCUT2D eigenvalue weighted by Crippen LogP contribution is -2.34. The molecule has 1 aliphatic rings. The van der Waals surface area contributed by atoms with Crippen LogP contribution in [0.4, 0.5) is 14.9 Å². The van der Waals surface area contributed by atoms with Crippen molar-refractivity contribution in [3.63, 3.8) is 0 Å². The molecular formula is C17H16ClFN2OS. The first-order valence-corrected chi connectivity index (χ1v) is 8.68. The van der Waals surface area contributed by atoms with E-state index in [0.717, 1.165) is 16.9 Å². The van der Waals surface area contributed by atoms with E-state index in [9.17, 15) is 9.18 Å². The average Bonchev–Trinajstić information content (AvgIpc) is 3.00.